The molecule has 0 amide bonds. The summed E-state index contributed by atoms with van der Waals surface area (Å²) >= 11 is 12.4. The number of hydrogen-bond acceptors (Lipinski definition) is 2. The first-order valence-corrected chi connectivity index (χ1v) is 7.16. The highest BCUT2D eigenvalue weighted by molar-refractivity contribution is 6.33. The molecule has 0 aliphatic carbocycles. The molecule has 4 heteroatoms. The summed E-state index contributed by atoms with van der Waals surface area (Å²) in [6, 6.07) is 5.96. The van der Waals surface area contributed by atoms with Gasteiger partial charge in [0.2, 0.25) is 0 Å². The summed E-state index contributed by atoms with van der Waals surface area (Å²) in [5.74, 6) is 0.503. The van der Waals surface area contributed by atoms with Crippen molar-refractivity contribution in [3.05, 3.63) is 28.8 Å². The fourth-order valence-corrected chi connectivity index (χ4v) is 2.98. The predicted octanol–water partition coefficient (Wildman–Crippen LogP) is 3.61. The molecule has 0 atom stereocenters. The van der Waals surface area contributed by atoms with E-state index in [1.54, 1.807) is 0 Å². The van der Waals surface area contributed by atoms with Gasteiger partial charge in [0.05, 0.1) is 10.7 Å². The zero-order valence-corrected chi connectivity index (χ0v) is 12.7. The molecule has 0 bridgehead atoms. The number of piperazine rings is 1. The van der Waals surface area contributed by atoms with E-state index in [-0.39, 0.29) is 5.54 Å². The summed E-state index contributed by atoms with van der Waals surface area (Å²) in [6.45, 7) is 7.53. The molecule has 1 saturated heterocycles. The molecular weight excluding hydrogens is 267 g/mol. The Balaban J connectivity index is 2.33. The molecule has 1 aromatic carbocycles. The molecule has 1 fully saturated rings. The number of alkyl halides is 1. The average molecular weight is 287 g/mol. The van der Waals surface area contributed by atoms with Crippen LogP contribution in [0.15, 0.2) is 18.2 Å². The van der Waals surface area contributed by atoms with Gasteiger partial charge in [-0.3, -0.25) is 4.90 Å². The van der Waals surface area contributed by atoms with Crippen LogP contribution in [0.4, 0.5) is 5.69 Å². The van der Waals surface area contributed by atoms with Gasteiger partial charge < -0.3 is 4.90 Å². The van der Waals surface area contributed by atoms with Gasteiger partial charge in [-0.2, -0.15) is 0 Å². The standard InChI is InChI=1S/C14H20Cl2N2/c1-14(2)10-18(8-7-17(14)3)13-11(9-15)5-4-6-12(13)16/h4-6H,7-10H2,1-3H3. The molecule has 0 radical (unpaired) electrons. The zero-order valence-electron chi connectivity index (χ0n) is 11.2. The second-order valence-corrected chi connectivity index (χ2v) is 6.21. The van der Waals surface area contributed by atoms with Crippen molar-refractivity contribution in [2.45, 2.75) is 25.3 Å². The Hall–Kier alpha value is -0.440. The smallest absolute Gasteiger partial charge is 0.0642 e. The average Bonchev–Trinajstić information content (AvgIpc) is 2.32. The largest absolute Gasteiger partial charge is 0.367 e. The fraction of sp³-hybridized carbons (Fsp3) is 0.571. The predicted molar refractivity (Wildman–Crippen MR) is 79.9 cm³/mol. The highest BCUT2D eigenvalue weighted by Gasteiger charge is 2.32. The topological polar surface area (TPSA) is 6.48 Å². The molecule has 1 aliphatic heterocycles. The molecule has 0 aromatic heterocycles. The Morgan fingerprint density at radius 2 is 2.00 bits per heavy atom. The van der Waals surface area contributed by atoms with Gasteiger partial charge in [-0.15, -0.1) is 11.6 Å². The number of halogens is 2. The summed E-state index contributed by atoms with van der Waals surface area (Å²) in [5.41, 5.74) is 2.38. The van der Waals surface area contributed by atoms with E-state index in [1.165, 1.54) is 0 Å². The van der Waals surface area contributed by atoms with Crippen LogP contribution in [0.3, 0.4) is 0 Å². The molecule has 1 aromatic rings. The van der Waals surface area contributed by atoms with Gasteiger partial charge in [-0.1, -0.05) is 23.7 Å². The quantitative estimate of drug-likeness (QED) is 0.767. The normalized spacial score (nSPS) is 20.2. The van der Waals surface area contributed by atoms with Crippen molar-refractivity contribution in [2.75, 3.05) is 31.6 Å². The van der Waals surface area contributed by atoms with E-state index < -0.39 is 0 Å². The van der Waals surface area contributed by atoms with Crippen molar-refractivity contribution >= 4 is 28.9 Å². The van der Waals surface area contributed by atoms with Gasteiger partial charge >= 0.3 is 0 Å². The number of hydrogen-bond donors (Lipinski definition) is 0. The third kappa shape index (κ3) is 2.61. The van der Waals surface area contributed by atoms with Crippen LogP contribution in [0.2, 0.25) is 5.02 Å². The Bertz CT molecular complexity index is 432. The van der Waals surface area contributed by atoms with Gasteiger partial charge in [0.25, 0.3) is 0 Å². The van der Waals surface area contributed by atoms with Crippen molar-refractivity contribution < 1.29 is 0 Å². The summed E-state index contributed by atoms with van der Waals surface area (Å²) in [4.78, 5) is 4.75. The lowest BCUT2D eigenvalue weighted by Gasteiger charge is -2.46. The van der Waals surface area contributed by atoms with Crippen LogP contribution >= 0.6 is 23.2 Å². The van der Waals surface area contributed by atoms with Crippen molar-refractivity contribution in [2.24, 2.45) is 0 Å². The minimum Gasteiger partial charge on any atom is -0.367 e. The van der Waals surface area contributed by atoms with E-state index in [4.69, 9.17) is 23.2 Å². The number of rotatable bonds is 2. The monoisotopic (exact) mass is 286 g/mol. The number of anilines is 1. The van der Waals surface area contributed by atoms with Gasteiger partial charge in [0.1, 0.15) is 0 Å². The summed E-state index contributed by atoms with van der Waals surface area (Å²) in [6.07, 6.45) is 0. The maximum absolute atomic E-state index is 6.36. The van der Waals surface area contributed by atoms with Crippen LogP contribution in [0.1, 0.15) is 19.4 Å². The van der Waals surface area contributed by atoms with Crippen LogP contribution in [-0.2, 0) is 5.88 Å². The maximum atomic E-state index is 6.36. The number of para-hydroxylation sites is 1. The van der Waals surface area contributed by atoms with E-state index >= 15 is 0 Å². The molecule has 1 heterocycles. The molecule has 0 N–H and O–H groups in total. The van der Waals surface area contributed by atoms with Crippen LogP contribution in [0, 0.1) is 0 Å². The first-order valence-electron chi connectivity index (χ1n) is 6.25. The summed E-state index contributed by atoms with van der Waals surface area (Å²) in [5, 5.41) is 0.800. The second kappa shape index (κ2) is 5.28. The molecule has 0 saturated carbocycles. The Labute approximate surface area is 119 Å². The maximum Gasteiger partial charge on any atom is 0.0642 e. The van der Waals surface area contributed by atoms with Crippen LogP contribution < -0.4 is 4.90 Å². The molecule has 2 nitrogen and oxygen atoms in total. The summed E-state index contributed by atoms with van der Waals surface area (Å²) in [7, 11) is 2.17. The third-order valence-electron chi connectivity index (χ3n) is 3.85. The van der Waals surface area contributed by atoms with E-state index in [2.05, 4.69) is 36.8 Å². The van der Waals surface area contributed by atoms with Gasteiger partial charge in [0.15, 0.2) is 0 Å². The van der Waals surface area contributed by atoms with Crippen LogP contribution in [-0.4, -0.2) is 37.1 Å². The third-order valence-corrected chi connectivity index (χ3v) is 4.44. The minimum absolute atomic E-state index is 0.154. The van der Waals surface area contributed by atoms with Crippen molar-refractivity contribution in [1.29, 1.82) is 0 Å². The highest BCUT2D eigenvalue weighted by atomic mass is 35.5. The van der Waals surface area contributed by atoms with Crippen molar-refractivity contribution in [1.82, 2.24) is 4.90 Å². The molecule has 18 heavy (non-hydrogen) atoms. The van der Waals surface area contributed by atoms with E-state index in [0.717, 1.165) is 35.9 Å². The number of nitrogens with zero attached hydrogens (tertiary/aromatic N) is 2. The van der Waals surface area contributed by atoms with E-state index in [9.17, 15) is 0 Å². The molecule has 0 unspecified atom stereocenters. The molecule has 100 valence electrons. The lowest BCUT2D eigenvalue weighted by Crippen LogP contribution is -2.57. The van der Waals surface area contributed by atoms with E-state index in [1.807, 2.05) is 12.1 Å². The highest BCUT2D eigenvalue weighted by Crippen LogP contribution is 2.34. The van der Waals surface area contributed by atoms with Gasteiger partial charge in [-0.05, 0) is 32.5 Å². The minimum atomic E-state index is 0.154. The SMILES string of the molecule is CN1CCN(c2c(Cl)cccc2CCl)CC1(C)C. The first kappa shape index (κ1) is 14.0. The van der Waals surface area contributed by atoms with Gasteiger partial charge in [0, 0.05) is 31.1 Å². The van der Waals surface area contributed by atoms with Crippen LogP contribution in [0.25, 0.3) is 0 Å². The fourth-order valence-electron chi connectivity index (χ4n) is 2.45. The lowest BCUT2D eigenvalue weighted by molar-refractivity contribution is 0.139. The first-order chi connectivity index (χ1) is 8.45. The number of likely N-dealkylation sites (N-methyl/N-ethyl adjacent to an activating group) is 1. The van der Waals surface area contributed by atoms with Crippen molar-refractivity contribution in [3.8, 4) is 0 Å². The lowest BCUT2D eigenvalue weighted by atomic mass is 9.98. The molecule has 2 rings (SSSR count). The number of benzene rings is 1. The summed E-state index contributed by atoms with van der Waals surface area (Å²) < 4.78 is 0. The van der Waals surface area contributed by atoms with E-state index in [0.29, 0.717) is 5.88 Å². The Morgan fingerprint density at radius 3 is 2.61 bits per heavy atom. The second-order valence-electron chi connectivity index (χ2n) is 5.54. The Kier molecular flexibility index (Phi) is 4.10. The molecular formula is C14H20Cl2N2. The molecule has 0 spiro atoms. The van der Waals surface area contributed by atoms with Gasteiger partial charge in [-0.25, -0.2) is 0 Å². The van der Waals surface area contributed by atoms with Crippen molar-refractivity contribution in [3.63, 3.8) is 0 Å². The Morgan fingerprint density at radius 1 is 1.28 bits per heavy atom. The van der Waals surface area contributed by atoms with Crippen LogP contribution in [0.5, 0.6) is 0 Å². The molecule has 1 aliphatic rings. The zero-order chi connectivity index (χ0) is 13.3.